The number of ether oxygens (including phenoxy) is 3. The minimum absolute atomic E-state index is 0.0567. The molecule has 1 atom stereocenters. The first-order chi connectivity index (χ1) is 10.1. The Kier molecular flexibility index (Phi) is 5.00. The van der Waals surface area contributed by atoms with E-state index in [0.29, 0.717) is 22.8 Å². The fourth-order valence-corrected chi connectivity index (χ4v) is 1.86. The maximum absolute atomic E-state index is 12.8. The summed E-state index contributed by atoms with van der Waals surface area (Å²) in [6, 6.07) is 10.8. The van der Waals surface area contributed by atoms with Crippen molar-refractivity contribution in [2.45, 2.75) is 6.10 Å². The van der Waals surface area contributed by atoms with Crippen LogP contribution < -0.4 is 14.2 Å². The third-order valence-electron chi connectivity index (χ3n) is 3.01. The van der Waals surface area contributed by atoms with Crippen molar-refractivity contribution < 1.29 is 23.7 Å². The highest BCUT2D eigenvalue weighted by molar-refractivity contribution is 5.43. The van der Waals surface area contributed by atoms with E-state index in [1.165, 1.54) is 31.4 Å². The fraction of sp³-hybridized carbons (Fsp3) is 0.250. The number of hydrogen-bond acceptors (Lipinski definition) is 4. The average molecular weight is 292 g/mol. The van der Waals surface area contributed by atoms with Gasteiger partial charge in [-0.05, 0) is 42.0 Å². The second-order valence-electron chi connectivity index (χ2n) is 4.40. The molecule has 0 spiro atoms. The average Bonchev–Trinajstić information content (AvgIpc) is 2.53. The Morgan fingerprint density at radius 2 is 1.67 bits per heavy atom. The van der Waals surface area contributed by atoms with Crippen molar-refractivity contribution >= 4 is 0 Å². The Morgan fingerprint density at radius 1 is 1.00 bits per heavy atom. The molecule has 0 amide bonds. The number of aliphatic hydroxyl groups excluding tert-OH is 1. The van der Waals surface area contributed by atoms with Crippen LogP contribution in [0.1, 0.15) is 11.7 Å². The lowest BCUT2D eigenvalue weighted by Gasteiger charge is -2.15. The van der Waals surface area contributed by atoms with E-state index in [1.54, 1.807) is 25.3 Å². The smallest absolute Gasteiger partial charge is 0.161 e. The Morgan fingerprint density at radius 3 is 2.29 bits per heavy atom. The number of methoxy groups -OCH3 is 2. The van der Waals surface area contributed by atoms with Crippen LogP contribution in [0.25, 0.3) is 0 Å². The summed E-state index contributed by atoms with van der Waals surface area (Å²) in [6.45, 7) is 0.0567. The second-order valence-corrected chi connectivity index (χ2v) is 4.40. The number of benzene rings is 2. The van der Waals surface area contributed by atoms with E-state index in [2.05, 4.69) is 0 Å². The predicted molar refractivity (Wildman–Crippen MR) is 76.4 cm³/mol. The second kappa shape index (κ2) is 6.95. The first kappa shape index (κ1) is 15.1. The standard InChI is InChI=1S/C16H17FO4/c1-19-15-8-3-11(9-16(15)20-2)14(18)10-21-13-6-4-12(17)5-7-13/h3-9,14,18H,10H2,1-2H3. The molecule has 4 nitrogen and oxygen atoms in total. The Hall–Kier alpha value is -2.27. The van der Waals surface area contributed by atoms with Crippen molar-refractivity contribution in [1.29, 1.82) is 0 Å². The van der Waals surface area contributed by atoms with Gasteiger partial charge in [-0.1, -0.05) is 6.07 Å². The van der Waals surface area contributed by atoms with Crippen LogP contribution in [-0.4, -0.2) is 25.9 Å². The van der Waals surface area contributed by atoms with Crippen LogP contribution in [0, 0.1) is 5.82 Å². The molecule has 0 saturated carbocycles. The topological polar surface area (TPSA) is 47.9 Å². The van der Waals surface area contributed by atoms with Crippen LogP contribution in [0.4, 0.5) is 4.39 Å². The zero-order valence-electron chi connectivity index (χ0n) is 11.9. The molecule has 1 unspecified atom stereocenters. The van der Waals surface area contributed by atoms with Gasteiger partial charge >= 0.3 is 0 Å². The molecule has 5 heteroatoms. The van der Waals surface area contributed by atoms with Gasteiger partial charge in [0.25, 0.3) is 0 Å². The summed E-state index contributed by atoms with van der Waals surface area (Å²) in [6.07, 6.45) is -0.824. The quantitative estimate of drug-likeness (QED) is 0.889. The summed E-state index contributed by atoms with van der Waals surface area (Å²) in [5.74, 6) is 1.29. The molecule has 0 saturated heterocycles. The van der Waals surface area contributed by atoms with Gasteiger partial charge in [-0.2, -0.15) is 0 Å². The van der Waals surface area contributed by atoms with Crippen molar-refractivity contribution in [3.05, 3.63) is 53.8 Å². The molecule has 112 valence electrons. The molecule has 2 rings (SSSR count). The summed E-state index contributed by atoms with van der Waals surface area (Å²) in [7, 11) is 3.08. The molecule has 0 aliphatic rings. The molecule has 1 N–H and O–H groups in total. The fourth-order valence-electron chi connectivity index (χ4n) is 1.86. The highest BCUT2D eigenvalue weighted by Crippen LogP contribution is 2.30. The zero-order chi connectivity index (χ0) is 15.2. The summed E-state index contributed by atoms with van der Waals surface area (Å²) in [4.78, 5) is 0. The highest BCUT2D eigenvalue weighted by Gasteiger charge is 2.12. The molecule has 2 aromatic rings. The van der Waals surface area contributed by atoms with E-state index < -0.39 is 6.10 Å². The van der Waals surface area contributed by atoms with E-state index in [-0.39, 0.29) is 12.4 Å². The SMILES string of the molecule is COc1ccc(C(O)COc2ccc(F)cc2)cc1OC. The molecule has 2 aromatic carbocycles. The number of halogens is 1. The molecule has 21 heavy (non-hydrogen) atoms. The van der Waals surface area contributed by atoms with Crippen molar-refractivity contribution in [1.82, 2.24) is 0 Å². The molecule has 0 bridgehead atoms. The van der Waals surface area contributed by atoms with E-state index in [0.717, 1.165) is 0 Å². The highest BCUT2D eigenvalue weighted by atomic mass is 19.1. The summed E-state index contributed by atoms with van der Waals surface area (Å²) in [5.41, 5.74) is 0.648. The number of hydrogen-bond donors (Lipinski definition) is 1. The lowest BCUT2D eigenvalue weighted by Crippen LogP contribution is -2.10. The minimum atomic E-state index is -0.824. The van der Waals surface area contributed by atoms with Crippen LogP contribution in [0.3, 0.4) is 0 Å². The third-order valence-corrected chi connectivity index (χ3v) is 3.01. The van der Waals surface area contributed by atoms with Crippen molar-refractivity contribution in [3.8, 4) is 17.2 Å². The monoisotopic (exact) mass is 292 g/mol. The molecule has 0 radical (unpaired) electrons. The third kappa shape index (κ3) is 3.86. The van der Waals surface area contributed by atoms with Gasteiger partial charge in [0.05, 0.1) is 14.2 Å². The lowest BCUT2D eigenvalue weighted by molar-refractivity contribution is 0.108. The van der Waals surface area contributed by atoms with Gasteiger partial charge in [0.15, 0.2) is 11.5 Å². The number of rotatable bonds is 6. The molecule has 0 aliphatic carbocycles. The van der Waals surface area contributed by atoms with Gasteiger partial charge in [0.2, 0.25) is 0 Å². The van der Waals surface area contributed by atoms with Gasteiger partial charge in [-0.15, -0.1) is 0 Å². The largest absolute Gasteiger partial charge is 0.493 e. The van der Waals surface area contributed by atoms with Crippen LogP contribution >= 0.6 is 0 Å². The van der Waals surface area contributed by atoms with Gasteiger partial charge in [0, 0.05) is 0 Å². The van der Waals surface area contributed by atoms with Crippen LogP contribution in [0.15, 0.2) is 42.5 Å². The van der Waals surface area contributed by atoms with Crippen LogP contribution in [-0.2, 0) is 0 Å². The van der Waals surface area contributed by atoms with E-state index in [1.807, 2.05) is 0 Å². The van der Waals surface area contributed by atoms with Crippen LogP contribution in [0.5, 0.6) is 17.2 Å². The summed E-state index contributed by atoms with van der Waals surface area (Å²) >= 11 is 0. The maximum Gasteiger partial charge on any atom is 0.161 e. The van der Waals surface area contributed by atoms with Crippen molar-refractivity contribution in [2.75, 3.05) is 20.8 Å². The maximum atomic E-state index is 12.8. The lowest BCUT2D eigenvalue weighted by atomic mass is 10.1. The predicted octanol–water partition coefficient (Wildman–Crippen LogP) is 2.96. The van der Waals surface area contributed by atoms with Crippen molar-refractivity contribution in [3.63, 3.8) is 0 Å². The van der Waals surface area contributed by atoms with E-state index in [4.69, 9.17) is 14.2 Å². The number of aliphatic hydroxyl groups is 1. The normalized spacial score (nSPS) is 11.8. The summed E-state index contributed by atoms with van der Waals surface area (Å²) < 4.78 is 28.5. The van der Waals surface area contributed by atoms with Crippen molar-refractivity contribution in [2.24, 2.45) is 0 Å². The zero-order valence-corrected chi connectivity index (χ0v) is 11.9. The minimum Gasteiger partial charge on any atom is -0.493 e. The molecule has 0 fully saturated rings. The Bertz CT molecular complexity index is 583. The first-order valence-corrected chi connectivity index (χ1v) is 6.42. The molecular weight excluding hydrogens is 275 g/mol. The van der Waals surface area contributed by atoms with Gasteiger partial charge in [0.1, 0.15) is 24.3 Å². The molecule has 0 heterocycles. The van der Waals surface area contributed by atoms with E-state index in [9.17, 15) is 9.50 Å². The van der Waals surface area contributed by atoms with E-state index >= 15 is 0 Å². The van der Waals surface area contributed by atoms with Gasteiger partial charge < -0.3 is 19.3 Å². The molecular formula is C16H17FO4. The first-order valence-electron chi connectivity index (χ1n) is 6.42. The molecule has 0 aliphatic heterocycles. The summed E-state index contributed by atoms with van der Waals surface area (Å²) in [5, 5.41) is 10.1. The van der Waals surface area contributed by atoms with Gasteiger partial charge in [-0.25, -0.2) is 4.39 Å². The Balaban J connectivity index is 2.02. The van der Waals surface area contributed by atoms with Crippen LogP contribution in [0.2, 0.25) is 0 Å². The Labute approximate surface area is 122 Å². The van der Waals surface area contributed by atoms with Gasteiger partial charge in [-0.3, -0.25) is 0 Å². The molecule has 0 aromatic heterocycles.